The molecule has 2 atom stereocenters. The summed E-state index contributed by atoms with van der Waals surface area (Å²) >= 11 is 1.68. The van der Waals surface area contributed by atoms with Crippen LogP contribution in [0.15, 0.2) is 6.07 Å². The largest absolute Gasteiger partial charge is 0.480 e. The Bertz CT molecular complexity index is 527. The Labute approximate surface area is 129 Å². The second kappa shape index (κ2) is 6.93. The van der Waals surface area contributed by atoms with E-state index in [4.69, 9.17) is 0 Å². The van der Waals surface area contributed by atoms with Crippen LogP contribution in [0.3, 0.4) is 0 Å². The fourth-order valence-electron chi connectivity index (χ4n) is 2.36. The number of hydrogen-bond acceptors (Lipinski definition) is 3. The minimum absolute atomic E-state index is 0.158. The van der Waals surface area contributed by atoms with Crippen molar-refractivity contribution in [3.8, 4) is 0 Å². The highest BCUT2D eigenvalue weighted by atomic mass is 32.1. The maximum atomic E-state index is 12.1. The maximum absolute atomic E-state index is 12.1. The van der Waals surface area contributed by atoms with Crippen LogP contribution in [0.4, 0.5) is 4.79 Å². The molecule has 21 heavy (non-hydrogen) atoms. The number of hydrogen-bond donors (Lipinski definition) is 3. The molecule has 1 rings (SSSR count). The average molecular weight is 312 g/mol. The van der Waals surface area contributed by atoms with Crippen LogP contribution in [0.1, 0.15) is 55.0 Å². The zero-order valence-corrected chi connectivity index (χ0v) is 14.1. The molecule has 1 aromatic heterocycles. The van der Waals surface area contributed by atoms with Gasteiger partial charge < -0.3 is 15.7 Å². The molecule has 0 fully saturated rings. The van der Waals surface area contributed by atoms with Gasteiger partial charge in [0.05, 0.1) is 6.04 Å². The molecule has 1 aromatic rings. The van der Waals surface area contributed by atoms with Crippen molar-refractivity contribution >= 4 is 23.3 Å². The first-order valence-electron chi connectivity index (χ1n) is 7.08. The van der Waals surface area contributed by atoms with Gasteiger partial charge in [0.2, 0.25) is 0 Å². The molecule has 0 bridgehead atoms. The lowest BCUT2D eigenvalue weighted by Gasteiger charge is -2.27. The fraction of sp³-hybridized carbons (Fsp3) is 0.600. The zero-order chi connectivity index (χ0) is 16.2. The SMILES string of the molecule is CCCC(C)(NC(=O)NC(C)c1cc(C)sc1C)C(=O)O. The molecule has 0 aliphatic rings. The van der Waals surface area contributed by atoms with Gasteiger partial charge in [0.1, 0.15) is 5.54 Å². The van der Waals surface area contributed by atoms with Gasteiger partial charge in [-0.05, 0) is 45.7 Å². The van der Waals surface area contributed by atoms with Crippen LogP contribution in [0, 0.1) is 13.8 Å². The second-order valence-corrected chi connectivity index (χ2v) is 7.04. The Kier molecular flexibility index (Phi) is 5.78. The molecule has 0 saturated carbocycles. The molecule has 1 heterocycles. The summed E-state index contributed by atoms with van der Waals surface area (Å²) in [6.07, 6.45) is 1.07. The minimum Gasteiger partial charge on any atom is -0.480 e. The molecule has 0 aliphatic carbocycles. The first-order valence-corrected chi connectivity index (χ1v) is 7.90. The van der Waals surface area contributed by atoms with Gasteiger partial charge in [0.25, 0.3) is 0 Å². The third-order valence-electron chi connectivity index (χ3n) is 3.50. The van der Waals surface area contributed by atoms with Crippen LogP contribution in [0.2, 0.25) is 0 Å². The van der Waals surface area contributed by atoms with Gasteiger partial charge in [-0.1, -0.05) is 13.3 Å². The van der Waals surface area contributed by atoms with Crippen molar-refractivity contribution in [3.05, 3.63) is 21.4 Å². The van der Waals surface area contributed by atoms with Gasteiger partial charge in [-0.3, -0.25) is 0 Å². The lowest BCUT2D eigenvalue weighted by molar-refractivity contribution is -0.144. The van der Waals surface area contributed by atoms with Crippen LogP contribution in [0.25, 0.3) is 0 Å². The Balaban J connectivity index is 2.72. The van der Waals surface area contributed by atoms with Crippen molar-refractivity contribution in [2.24, 2.45) is 0 Å². The van der Waals surface area contributed by atoms with E-state index < -0.39 is 17.5 Å². The number of carboxylic acids is 1. The molecule has 3 N–H and O–H groups in total. The Morgan fingerprint density at radius 2 is 2.05 bits per heavy atom. The molecule has 118 valence electrons. The van der Waals surface area contributed by atoms with Crippen LogP contribution < -0.4 is 10.6 Å². The monoisotopic (exact) mass is 312 g/mol. The summed E-state index contributed by atoms with van der Waals surface area (Å²) in [5.41, 5.74) is -0.168. The molecule has 2 unspecified atom stereocenters. The summed E-state index contributed by atoms with van der Waals surface area (Å²) < 4.78 is 0. The molecular weight excluding hydrogens is 288 g/mol. The number of aryl methyl sites for hydroxylation is 2. The molecule has 0 aliphatic heterocycles. The maximum Gasteiger partial charge on any atom is 0.329 e. The van der Waals surface area contributed by atoms with Crippen LogP contribution in [0.5, 0.6) is 0 Å². The number of amides is 2. The highest BCUT2D eigenvalue weighted by Crippen LogP contribution is 2.26. The number of thiophene rings is 1. The first kappa shape index (κ1) is 17.5. The highest BCUT2D eigenvalue weighted by Gasteiger charge is 2.34. The molecule has 6 heteroatoms. The molecule has 2 amide bonds. The predicted octanol–water partition coefficient (Wildman–Crippen LogP) is 3.37. The topological polar surface area (TPSA) is 78.4 Å². The van der Waals surface area contributed by atoms with E-state index in [1.54, 1.807) is 11.3 Å². The zero-order valence-electron chi connectivity index (χ0n) is 13.2. The standard InChI is InChI=1S/C15H24N2O3S/c1-6-7-15(5,13(18)19)17-14(20)16-10(3)12-8-9(2)21-11(12)4/h8,10H,6-7H2,1-5H3,(H,18,19)(H2,16,17,20). The Morgan fingerprint density at radius 3 is 2.48 bits per heavy atom. The van der Waals surface area contributed by atoms with E-state index in [0.717, 1.165) is 10.4 Å². The second-order valence-electron chi connectivity index (χ2n) is 5.58. The van der Waals surface area contributed by atoms with E-state index in [1.165, 1.54) is 11.8 Å². The number of carbonyl (C=O) groups is 2. The van der Waals surface area contributed by atoms with E-state index in [-0.39, 0.29) is 6.04 Å². The van der Waals surface area contributed by atoms with E-state index in [2.05, 4.69) is 10.6 Å². The smallest absolute Gasteiger partial charge is 0.329 e. The highest BCUT2D eigenvalue weighted by molar-refractivity contribution is 7.12. The minimum atomic E-state index is -1.24. The Hall–Kier alpha value is -1.56. The van der Waals surface area contributed by atoms with Crippen LogP contribution in [-0.2, 0) is 4.79 Å². The van der Waals surface area contributed by atoms with Gasteiger partial charge >= 0.3 is 12.0 Å². The third-order valence-corrected chi connectivity index (χ3v) is 4.49. The third kappa shape index (κ3) is 4.46. The van der Waals surface area contributed by atoms with Crippen molar-refractivity contribution in [2.45, 2.75) is 59.0 Å². The summed E-state index contributed by atoms with van der Waals surface area (Å²) in [5, 5.41) is 14.7. The Morgan fingerprint density at radius 1 is 1.43 bits per heavy atom. The quantitative estimate of drug-likeness (QED) is 0.753. The molecule has 0 spiro atoms. The van der Waals surface area contributed by atoms with Crippen molar-refractivity contribution in [3.63, 3.8) is 0 Å². The van der Waals surface area contributed by atoms with Crippen molar-refractivity contribution in [1.82, 2.24) is 10.6 Å². The van der Waals surface area contributed by atoms with Gasteiger partial charge in [-0.2, -0.15) is 0 Å². The van der Waals surface area contributed by atoms with Gasteiger partial charge in [0.15, 0.2) is 0 Å². The van der Waals surface area contributed by atoms with E-state index in [1.807, 2.05) is 33.8 Å². The van der Waals surface area contributed by atoms with Crippen LogP contribution >= 0.6 is 11.3 Å². The number of aliphatic carboxylic acids is 1. The predicted molar refractivity (Wildman–Crippen MR) is 84.8 cm³/mol. The summed E-state index contributed by atoms with van der Waals surface area (Å²) in [6.45, 7) is 9.36. The van der Waals surface area contributed by atoms with Gasteiger partial charge in [0, 0.05) is 9.75 Å². The number of carbonyl (C=O) groups excluding carboxylic acids is 1. The van der Waals surface area contributed by atoms with Gasteiger partial charge in [-0.15, -0.1) is 11.3 Å². The summed E-state index contributed by atoms with van der Waals surface area (Å²) in [7, 11) is 0. The van der Waals surface area contributed by atoms with E-state index in [9.17, 15) is 14.7 Å². The summed E-state index contributed by atoms with van der Waals surface area (Å²) in [4.78, 5) is 25.7. The van der Waals surface area contributed by atoms with E-state index in [0.29, 0.717) is 12.8 Å². The molecule has 0 aromatic carbocycles. The molecular formula is C15H24N2O3S. The number of rotatable bonds is 6. The van der Waals surface area contributed by atoms with Gasteiger partial charge in [-0.25, -0.2) is 9.59 Å². The van der Waals surface area contributed by atoms with Crippen molar-refractivity contribution in [1.29, 1.82) is 0 Å². The van der Waals surface area contributed by atoms with Crippen molar-refractivity contribution < 1.29 is 14.7 Å². The fourth-order valence-corrected chi connectivity index (χ4v) is 3.39. The summed E-state index contributed by atoms with van der Waals surface area (Å²) in [6, 6.07) is 1.44. The number of nitrogens with one attached hydrogen (secondary N) is 2. The lowest BCUT2D eigenvalue weighted by atomic mass is 9.96. The molecule has 5 nitrogen and oxygen atoms in total. The number of carboxylic acid groups (broad SMARTS) is 1. The van der Waals surface area contributed by atoms with Crippen LogP contribution in [-0.4, -0.2) is 22.6 Å². The van der Waals surface area contributed by atoms with E-state index >= 15 is 0 Å². The molecule has 0 radical (unpaired) electrons. The summed E-state index contributed by atoms with van der Waals surface area (Å²) in [5.74, 6) is -1.02. The molecule has 0 saturated heterocycles. The first-order chi connectivity index (χ1) is 9.69. The average Bonchev–Trinajstić information content (AvgIpc) is 2.68. The lowest BCUT2D eigenvalue weighted by Crippen LogP contribution is -2.55. The van der Waals surface area contributed by atoms with Crippen molar-refractivity contribution in [2.75, 3.05) is 0 Å². The normalized spacial score (nSPS) is 15.1. The number of urea groups is 1.